The standard InChI is InChI=1S/C20H23ClN4OS/c1-13-14(2)25(16-6-4-3-5-7-16)20(17(13)10-22)24-18(26)12-27-19-9-8-15(21)11-23-19/h8-9,11,16H,3-7,12H2,1-2H3,(H,24,26). The van der Waals surface area contributed by atoms with E-state index in [1.165, 1.54) is 31.0 Å². The van der Waals surface area contributed by atoms with Gasteiger partial charge in [-0.25, -0.2) is 4.98 Å². The van der Waals surface area contributed by atoms with E-state index < -0.39 is 0 Å². The van der Waals surface area contributed by atoms with Crippen molar-refractivity contribution >= 4 is 35.1 Å². The summed E-state index contributed by atoms with van der Waals surface area (Å²) in [6.07, 6.45) is 7.38. The number of halogens is 1. The zero-order valence-electron chi connectivity index (χ0n) is 15.6. The Hall–Kier alpha value is -1.97. The Bertz CT molecular complexity index is 864. The number of carbonyl (C=O) groups is 1. The summed E-state index contributed by atoms with van der Waals surface area (Å²) in [6, 6.07) is 6.17. The molecule has 0 aromatic carbocycles. The molecule has 1 fully saturated rings. The second-order valence-corrected chi connectivity index (χ2v) is 8.29. The number of aromatic nitrogens is 2. The van der Waals surface area contributed by atoms with Crippen LogP contribution >= 0.6 is 23.4 Å². The Kier molecular flexibility index (Phi) is 6.46. The van der Waals surface area contributed by atoms with Gasteiger partial charge >= 0.3 is 0 Å². The zero-order valence-corrected chi connectivity index (χ0v) is 17.2. The molecule has 142 valence electrons. The molecule has 2 aromatic heterocycles. The highest BCUT2D eigenvalue weighted by molar-refractivity contribution is 7.99. The van der Waals surface area contributed by atoms with Gasteiger partial charge in [-0.2, -0.15) is 5.26 Å². The number of nitrogens with one attached hydrogen (secondary N) is 1. The van der Waals surface area contributed by atoms with Crippen LogP contribution in [0.4, 0.5) is 5.82 Å². The summed E-state index contributed by atoms with van der Waals surface area (Å²) in [6.45, 7) is 3.99. The van der Waals surface area contributed by atoms with E-state index in [0.29, 0.717) is 22.4 Å². The Morgan fingerprint density at radius 2 is 2.11 bits per heavy atom. The molecule has 1 aliphatic rings. The van der Waals surface area contributed by atoms with Crippen molar-refractivity contribution < 1.29 is 4.79 Å². The number of thioether (sulfide) groups is 1. The Morgan fingerprint density at radius 3 is 2.74 bits per heavy atom. The molecule has 1 amide bonds. The second kappa shape index (κ2) is 8.81. The molecule has 2 aromatic rings. The van der Waals surface area contributed by atoms with E-state index in [1.807, 2.05) is 13.8 Å². The second-order valence-electron chi connectivity index (χ2n) is 6.86. The van der Waals surface area contributed by atoms with Crippen LogP contribution in [0.15, 0.2) is 23.4 Å². The van der Waals surface area contributed by atoms with Crippen molar-refractivity contribution in [2.24, 2.45) is 0 Å². The quantitative estimate of drug-likeness (QED) is 0.692. The van der Waals surface area contributed by atoms with Gasteiger partial charge in [0.05, 0.1) is 21.4 Å². The largest absolute Gasteiger partial charge is 0.327 e. The predicted octanol–water partition coefficient (Wildman–Crippen LogP) is 5.26. The summed E-state index contributed by atoms with van der Waals surface area (Å²) in [5.41, 5.74) is 2.59. The van der Waals surface area contributed by atoms with Gasteiger partial charge in [-0.3, -0.25) is 4.79 Å². The summed E-state index contributed by atoms with van der Waals surface area (Å²) in [5, 5.41) is 13.9. The minimum Gasteiger partial charge on any atom is -0.327 e. The lowest BCUT2D eigenvalue weighted by atomic mass is 9.95. The molecule has 1 N–H and O–H groups in total. The van der Waals surface area contributed by atoms with Crippen molar-refractivity contribution in [1.82, 2.24) is 9.55 Å². The highest BCUT2D eigenvalue weighted by Gasteiger charge is 2.25. The number of hydrogen-bond acceptors (Lipinski definition) is 4. The van der Waals surface area contributed by atoms with Crippen LogP contribution in [0, 0.1) is 25.2 Å². The summed E-state index contributed by atoms with van der Waals surface area (Å²) in [7, 11) is 0. The maximum Gasteiger partial charge on any atom is 0.235 e. The average Bonchev–Trinajstić information content (AvgIpc) is 2.91. The first-order chi connectivity index (χ1) is 13.0. The monoisotopic (exact) mass is 402 g/mol. The van der Waals surface area contributed by atoms with Crippen molar-refractivity contribution in [2.75, 3.05) is 11.1 Å². The van der Waals surface area contributed by atoms with Crippen LogP contribution in [0.25, 0.3) is 0 Å². The number of hydrogen-bond donors (Lipinski definition) is 1. The molecule has 1 saturated carbocycles. The van der Waals surface area contributed by atoms with Crippen molar-refractivity contribution in [1.29, 1.82) is 5.26 Å². The van der Waals surface area contributed by atoms with Crippen LogP contribution in [0.5, 0.6) is 0 Å². The lowest BCUT2D eigenvalue weighted by molar-refractivity contribution is -0.113. The van der Waals surface area contributed by atoms with Crippen molar-refractivity contribution in [3.05, 3.63) is 40.2 Å². The van der Waals surface area contributed by atoms with E-state index in [0.717, 1.165) is 29.1 Å². The zero-order chi connectivity index (χ0) is 19.4. The van der Waals surface area contributed by atoms with E-state index >= 15 is 0 Å². The van der Waals surface area contributed by atoms with Gasteiger partial charge in [0.1, 0.15) is 11.9 Å². The van der Waals surface area contributed by atoms with Crippen LogP contribution in [-0.2, 0) is 4.79 Å². The summed E-state index contributed by atoms with van der Waals surface area (Å²) in [5.74, 6) is 0.741. The van der Waals surface area contributed by atoms with Crippen molar-refractivity contribution in [3.63, 3.8) is 0 Å². The van der Waals surface area contributed by atoms with E-state index in [4.69, 9.17) is 11.6 Å². The first-order valence-electron chi connectivity index (χ1n) is 9.17. The number of rotatable bonds is 5. The highest BCUT2D eigenvalue weighted by atomic mass is 35.5. The molecule has 0 saturated heterocycles. The minimum absolute atomic E-state index is 0.136. The molecule has 27 heavy (non-hydrogen) atoms. The van der Waals surface area contributed by atoms with Crippen LogP contribution in [0.1, 0.15) is 55.0 Å². The summed E-state index contributed by atoms with van der Waals surface area (Å²) < 4.78 is 2.18. The van der Waals surface area contributed by atoms with Gasteiger partial charge in [0, 0.05) is 17.9 Å². The molecule has 0 bridgehead atoms. The third-order valence-corrected chi connectivity index (χ3v) is 6.28. The number of anilines is 1. The highest BCUT2D eigenvalue weighted by Crippen LogP contribution is 2.36. The SMILES string of the molecule is Cc1c(C#N)c(NC(=O)CSc2ccc(Cl)cn2)n(C2CCCCC2)c1C. The third kappa shape index (κ3) is 4.48. The molecule has 5 nitrogen and oxygen atoms in total. The van der Waals surface area contributed by atoms with Crippen LogP contribution in [0.3, 0.4) is 0 Å². The minimum atomic E-state index is -0.136. The van der Waals surface area contributed by atoms with E-state index in [1.54, 1.807) is 18.3 Å². The molecule has 0 unspecified atom stereocenters. The normalized spacial score (nSPS) is 14.7. The molecular formula is C20H23ClN4OS. The molecule has 3 rings (SSSR count). The molecular weight excluding hydrogens is 380 g/mol. The molecule has 0 radical (unpaired) electrons. The van der Waals surface area contributed by atoms with Gasteiger partial charge in [-0.05, 0) is 44.4 Å². The van der Waals surface area contributed by atoms with Gasteiger partial charge in [0.15, 0.2) is 0 Å². The van der Waals surface area contributed by atoms with Gasteiger partial charge in [0.25, 0.3) is 0 Å². The van der Waals surface area contributed by atoms with Crippen LogP contribution in [-0.4, -0.2) is 21.2 Å². The predicted molar refractivity (Wildman–Crippen MR) is 109 cm³/mol. The lowest BCUT2D eigenvalue weighted by Crippen LogP contribution is -2.21. The fourth-order valence-corrected chi connectivity index (χ4v) is 4.39. The average molecular weight is 403 g/mol. The number of carbonyl (C=O) groups excluding carboxylic acids is 1. The van der Waals surface area contributed by atoms with Gasteiger partial charge in [0.2, 0.25) is 5.91 Å². The van der Waals surface area contributed by atoms with Gasteiger partial charge in [-0.1, -0.05) is 42.6 Å². The van der Waals surface area contributed by atoms with Crippen LogP contribution in [0.2, 0.25) is 5.02 Å². The van der Waals surface area contributed by atoms with E-state index in [9.17, 15) is 10.1 Å². The molecule has 0 spiro atoms. The van der Waals surface area contributed by atoms with Crippen molar-refractivity contribution in [2.45, 2.75) is 57.0 Å². The van der Waals surface area contributed by atoms with Gasteiger partial charge in [-0.15, -0.1) is 0 Å². The van der Waals surface area contributed by atoms with E-state index in [-0.39, 0.29) is 11.7 Å². The van der Waals surface area contributed by atoms with Crippen molar-refractivity contribution in [3.8, 4) is 6.07 Å². The molecule has 0 atom stereocenters. The molecule has 7 heteroatoms. The molecule has 2 heterocycles. The number of pyridine rings is 1. The maximum absolute atomic E-state index is 12.6. The first-order valence-corrected chi connectivity index (χ1v) is 10.5. The number of nitrogens with zero attached hydrogens (tertiary/aromatic N) is 3. The van der Waals surface area contributed by atoms with E-state index in [2.05, 4.69) is 20.9 Å². The fraction of sp³-hybridized carbons (Fsp3) is 0.450. The van der Waals surface area contributed by atoms with Crippen LogP contribution < -0.4 is 5.32 Å². The summed E-state index contributed by atoms with van der Waals surface area (Å²) in [4.78, 5) is 16.8. The Morgan fingerprint density at radius 1 is 1.37 bits per heavy atom. The topological polar surface area (TPSA) is 70.7 Å². The Labute approximate surface area is 169 Å². The molecule has 0 aliphatic heterocycles. The van der Waals surface area contributed by atoms with Gasteiger partial charge < -0.3 is 9.88 Å². The Balaban J connectivity index is 1.78. The fourth-order valence-electron chi connectivity index (χ4n) is 3.64. The number of amides is 1. The molecule has 1 aliphatic carbocycles. The first kappa shape index (κ1) is 19.8. The number of nitriles is 1. The summed E-state index contributed by atoms with van der Waals surface area (Å²) >= 11 is 7.19. The third-order valence-electron chi connectivity index (χ3n) is 5.12. The smallest absolute Gasteiger partial charge is 0.235 e. The lowest BCUT2D eigenvalue weighted by Gasteiger charge is -2.27. The maximum atomic E-state index is 12.6.